The van der Waals surface area contributed by atoms with Crippen molar-refractivity contribution in [3.63, 3.8) is 0 Å². The number of halogens is 1. The number of carbonyl (C=O) groups excluding carboxylic acids is 2. The van der Waals surface area contributed by atoms with Gasteiger partial charge in [0.25, 0.3) is 0 Å². The van der Waals surface area contributed by atoms with Gasteiger partial charge in [0, 0.05) is 23.1 Å². The third kappa shape index (κ3) is 2.66. The molecule has 19 heavy (non-hydrogen) atoms. The van der Waals surface area contributed by atoms with Crippen LogP contribution in [0.3, 0.4) is 0 Å². The summed E-state index contributed by atoms with van der Waals surface area (Å²) in [5.74, 6) is -0.705. The zero-order chi connectivity index (χ0) is 14.2. The van der Waals surface area contributed by atoms with Gasteiger partial charge in [0.1, 0.15) is 0 Å². The Balaban J connectivity index is 2.30. The van der Waals surface area contributed by atoms with Gasteiger partial charge in [-0.25, -0.2) is 0 Å². The summed E-state index contributed by atoms with van der Waals surface area (Å²) in [5, 5.41) is 0. The molecule has 1 atom stereocenters. The standard InChI is InChI=1S/C14H16BrNO3/c1-8-5-12(9(2)4-11(8)15)16-7-10(6-13(16)17)14(18)19-3/h4-5,10H,6-7H2,1-3H3/t10-/m0/s1. The number of ether oxygens (including phenoxy) is 1. The SMILES string of the molecule is COC(=O)[C@H]1CC(=O)N(c2cc(C)c(Br)cc2C)C1. The van der Waals surface area contributed by atoms with E-state index in [4.69, 9.17) is 4.74 Å². The molecule has 1 fully saturated rings. The van der Waals surface area contributed by atoms with Crippen LogP contribution in [0, 0.1) is 19.8 Å². The van der Waals surface area contributed by atoms with Gasteiger partial charge in [0.05, 0.1) is 13.0 Å². The summed E-state index contributed by atoms with van der Waals surface area (Å²) >= 11 is 3.47. The molecule has 0 aromatic heterocycles. The highest BCUT2D eigenvalue weighted by Crippen LogP contribution is 2.32. The largest absolute Gasteiger partial charge is 0.469 e. The Morgan fingerprint density at radius 1 is 1.37 bits per heavy atom. The summed E-state index contributed by atoms with van der Waals surface area (Å²) in [5.41, 5.74) is 2.95. The molecule has 0 spiro atoms. The molecule has 5 heteroatoms. The number of hydrogen-bond acceptors (Lipinski definition) is 3. The maximum Gasteiger partial charge on any atom is 0.311 e. The lowest BCUT2D eigenvalue weighted by atomic mass is 10.1. The van der Waals surface area contributed by atoms with Crippen LogP contribution in [0.4, 0.5) is 5.69 Å². The molecular formula is C14H16BrNO3. The minimum absolute atomic E-state index is 0.0276. The van der Waals surface area contributed by atoms with Crippen molar-refractivity contribution >= 4 is 33.5 Å². The van der Waals surface area contributed by atoms with Crippen LogP contribution >= 0.6 is 15.9 Å². The van der Waals surface area contributed by atoms with E-state index in [0.29, 0.717) is 6.54 Å². The smallest absolute Gasteiger partial charge is 0.311 e. The number of hydrogen-bond donors (Lipinski definition) is 0. The lowest BCUT2D eigenvalue weighted by Crippen LogP contribution is -2.27. The van der Waals surface area contributed by atoms with E-state index in [9.17, 15) is 9.59 Å². The van der Waals surface area contributed by atoms with Crippen molar-refractivity contribution in [3.8, 4) is 0 Å². The molecule has 4 nitrogen and oxygen atoms in total. The monoisotopic (exact) mass is 325 g/mol. The van der Waals surface area contributed by atoms with E-state index in [2.05, 4.69) is 15.9 Å². The highest BCUT2D eigenvalue weighted by atomic mass is 79.9. The molecule has 0 bridgehead atoms. The van der Waals surface area contributed by atoms with E-state index in [-0.39, 0.29) is 24.2 Å². The average molecular weight is 326 g/mol. The Labute approximate surface area is 120 Å². The second-order valence-electron chi connectivity index (χ2n) is 4.82. The minimum atomic E-state index is -0.360. The first-order chi connectivity index (χ1) is 8.93. The van der Waals surface area contributed by atoms with E-state index >= 15 is 0 Å². The molecule has 0 aliphatic carbocycles. The summed E-state index contributed by atoms with van der Waals surface area (Å²) < 4.78 is 5.73. The number of aryl methyl sites for hydroxylation is 2. The van der Waals surface area contributed by atoms with Crippen LogP contribution in [0.25, 0.3) is 0 Å². The Hall–Kier alpha value is -1.36. The number of esters is 1. The number of carbonyl (C=O) groups is 2. The van der Waals surface area contributed by atoms with E-state index in [0.717, 1.165) is 21.3 Å². The maximum absolute atomic E-state index is 12.1. The van der Waals surface area contributed by atoms with Crippen molar-refractivity contribution < 1.29 is 14.3 Å². The molecule has 1 saturated heterocycles. The van der Waals surface area contributed by atoms with Crippen molar-refractivity contribution in [2.45, 2.75) is 20.3 Å². The van der Waals surface area contributed by atoms with Gasteiger partial charge in [-0.1, -0.05) is 15.9 Å². The molecule has 0 N–H and O–H groups in total. The van der Waals surface area contributed by atoms with E-state index in [1.165, 1.54) is 7.11 Å². The normalized spacial score (nSPS) is 18.8. The summed E-state index contributed by atoms with van der Waals surface area (Å²) in [6, 6.07) is 3.96. The van der Waals surface area contributed by atoms with E-state index in [1.807, 2.05) is 26.0 Å². The maximum atomic E-state index is 12.1. The molecule has 1 aromatic rings. The minimum Gasteiger partial charge on any atom is -0.469 e. The lowest BCUT2D eigenvalue weighted by molar-refractivity contribution is -0.145. The third-order valence-electron chi connectivity index (χ3n) is 3.43. The quantitative estimate of drug-likeness (QED) is 0.785. The van der Waals surface area contributed by atoms with Crippen LogP contribution in [0.15, 0.2) is 16.6 Å². The Morgan fingerprint density at radius 2 is 2.05 bits per heavy atom. The molecule has 0 saturated carbocycles. The molecule has 2 rings (SSSR count). The number of rotatable bonds is 2. The topological polar surface area (TPSA) is 46.6 Å². The third-order valence-corrected chi connectivity index (χ3v) is 4.28. The summed E-state index contributed by atoms with van der Waals surface area (Å²) in [7, 11) is 1.35. The first-order valence-electron chi connectivity index (χ1n) is 6.09. The fourth-order valence-electron chi connectivity index (χ4n) is 2.32. The van der Waals surface area contributed by atoms with Crippen LogP contribution in [0.5, 0.6) is 0 Å². The molecule has 0 unspecified atom stereocenters. The highest BCUT2D eigenvalue weighted by molar-refractivity contribution is 9.10. The second kappa shape index (κ2) is 5.33. The molecule has 1 heterocycles. The van der Waals surface area contributed by atoms with Crippen LogP contribution in [-0.2, 0) is 14.3 Å². The van der Waals surface area contributed by atoms with Crippen molar-refractivity contribution in [2.24, 2.45) is 5.92 Å². The predicted octanol–water partition coefficient (Wildman–Crippen LogP) is 2.59. The van der Waals surface area contributed by atoms with Crippen LogP contribution in [0.2, 0.25) is 0 Å². The van der Waals surface area contributed by atoms with Crippen molar-refractivity contribution in [2.75, 3.05) is 18.6 Å². The highest BCUT2D eigenvalue weighted by Gasteiger charge is 2.36. The molecular weight excluding hydrogens is 310 g/mol. The van der Waals surface area contributed by atoms with Gasteiger partial charge in [-0.3, -0.25) is 9.59 Å². The molecule has 1 amide bonds. The zero-order valence-corrected chi connectivity index (χ0v) is 12.8. The number of methoxy groups -OCH3 is 1. The lowest BCUT2D eigenvalue weighted by Gasteiger charge is -2.20. The summed E-state index contributed by atoms with van der Waals surface area (Å²) in [4.78, 5) is 25.3. The van der Waals surface area contributed by atoms with Crippen molar-refractivity contribution in [1.29, 1.82) is 0 Å². The molecule has 102 valence electrons. The van der Waals surface area contributed by atoms with Gasteiger partial charge in [-0.15, -0.1) is 0 Å². The first-order valence-corrected chi connectivity index (χ1v) is 6.88. The van der Waals surface area contributed by atoms with Gasteiger partial charge < -0.3 is 9.64 Å². The fraction of sp³-hybridized carbons (Fsp3) is 0.429. The van der Waals surface area contributed by atoms with Gasteiger partial charge in [0.2, 0.25) is 5.91 Å². The van der Waals surface area contributed by atoms with Gasteiger partial charge in [-0.2, -0.15) is 0 Å². The number of anilines is 1. The van der Waals surface area contributed by atoms with Crippen molar-refractivity contribution in [3.05, 3.63) is 27.7 Å². The van der Waals surface area contributed by atoms with Crippen LogP contribution in [0.1, 0.15) is 17.5 Å². The Bertz CT molecular complexity index is 542. The average Bonchev–Trinajstić information content (AvgIpc) is 2.75. The van der Waals surface area contributed by atoms with Crippen LogP contribution in [-0.4, -0.2) is 25.5 Å². The first kappa shape index (κ1) is 14.1. The van der Waals surface area contributed by atoms with Gasteiger partial charge in [0.15, 0.2) is 0 Å². The molecule has 0 radical (unpaired) electrons. The van der Waals surface area contributed by atoms with Crippen LogP contribution < -0.4 is 4.90 Å². The number of benzene rings is 1. The Kier molecular flexibility index (Phi) is 3.94. The Morgan fingerprint density at radius 3 is 2.68 bits per heavy atom. The van der Waals surface area contributed by atoms with E-state index < -0.39 is 0 Å². The predicted molar refractivity (Wildman–Crippen MR) is 76.1 cm³/mol. The molecule has 1 aromatic carbocycles. The molecule has 1 aliphatic heterocycles. The number of amides is 1. The zero-order valence-electron chi connectivity index (χ0n) is 11.2. The molecule has 1 aliphatic rings. The van der Waals surface area contributed by atoms with Crippen molar-refractivity contribution in [1.82, 2.24) is 0 Å². The fourth-order valence-corrected chi connectivity index (χ4v) is 2.78. The van der Waals surface area contributed by atoms with Gasteiger partial charge >= 0.3 is 5.97 Å². The number of nitrogens with zero attached hydrogens (tertiary/aromatic N) is 1. The second-order valence-corrected chi connectivity index (χ2v) is 5.67. The van der Waals surface area contributed by atoms with Gasteiger partial charge in [-0.05, 0) is 37.1 Å². The van der Waals surface area contributed by atoms with E-state index in [1.54, 1.807) is 4.90 Å². The summed E-state index contributed by atoms with van der Waals surface area (Å²) in [6.07, 6.45) is 0.223. The summed E-state index contributed by atoms with van der Waals surface area (Å²) in [6.45, 7) is 4.33.